The van der Waals surface area contributed by atoms with E-state index in [1.54, 1.807) is 18.5 Å². The smallest absolute Gasteiger partial charge is 0.254 e. The number of aromatic amines is 2. The topological polar surface area (TPSA) is 77.7 Å². The van der Waals surface area contributed by atoms with Gasteiger partial charge in [-0.1, -0.05) is 0 Å². The first kappa shape index (κ1) is 16.8. The number of hydrogen-bond acceptors (Lipinski definition) is 4. The Morgan fingerprint density at radius 2 is 2.04 bits per heavy atom. The summed E-state index contributed by atoms with van der Waals surface area (Å²) >= 11 is 0. The van der Waals surface area contributed by atoms with Crippen LogP contribution in [0.1, 0.15) is 16.8 Å². The van der Waals surface area contributed by atoms with Crippen molar-refractivity contribution >= 4 is 10.9 Å². The van der Waals surface area contributed by atoms with Crippen LogP contribution in [-0.2, 0) is 19.5 Å². The molecule has 0 spiro atoms. The molecule has 28 heavy (non-hydrogen) atoms. The lowest BCUT2D eigenvalue weighted by atomic mass is 10.0. The molecule has 0 amide bonds. The fourth-order valence-electron chi connectivity index (χ4n) is 3.81. The molecule has 0 saturated heterocycles. The summed E-state index contributed by atoms with van der Waals surface area (Å²) in [6, 6.07) is 8.45. The average molecular weight is 375 g/mol. The van der Waals surface area contributed by atoms with Crippen molar-refractivity contribution in [2.24, 2.45) is 0 Å². The minimum atomic E-state index is -0.250. The summed E-state index contributed by atoms with van der Waals surface area (Å²) in [5, 5.41) is 1.02. The van der Waals surface area contributed by atoms with Crippen LogP contribution in [0.2, 0.25) is 0 Å². The van der Waals surface area contributed by atoms with Gasteiger partial charge in [-0.05, 0) is 42.3 Å². The second kappa shape index (κ2) is 6.69. The van der Waals surface area contributed by atoms with Crippen molar-refractivity contribution in [2.45, 2.75) is 19.5 Å². The maximum Gasteiger partial charge on any atom is 0.254 e. The molecule has 0 radical (unpaired) electrons. The Hall–Kier alpha value is -3.32. The van der Waals surface area contributed by atoms with Gasteiger partial charge in [0.25, 0.3) is 5.56 Å². The van der Waals surface area contributed by atoms with E-state index in [0.717, 1.165) is 39.8 Å². The van der Waals surface area contributed by atoms with Gasteiger partial charge in [-0.25, -0.2) is 9.37 Å². The van der Waals surface area contributed by atoms with Gasteiger partial charge in [-0.15, -0.1) is 0 Å². The van der Waals surface area contributed by atoms with Gasteiger partial charge in [-0.3, -0.25) is 14.7 Å². The number of nitrogens with one attached hydrogen (secondary N) is 2. The number of hydrogen-bond donors (Lipinski definition) is 2. The van der Waals surface area contributed by atoms with E-state index in [4.69, 9.17) is 4.98 Å². The highest BCUT2D eigenvalue weighted by Gasteiger charge is 2.22. The minimum absolute atomic E-state index is 0.0703. The molecule has 1 aliphatic rings. The summed E-state index contributed by atoms with van der Waals surface area (Å²) in [6.45, 7) is 2.09. The first-order valence-electron chi connectivity index (χ1n) is 9.18. The van der Waals surface area contributed by atoms with Crippen LogP contribution in [-0.4, -0.2) is 31.4 Å². The number of H-pyrrole nitrogens is 2. The van der Waals surface area contributed by atoms with Gasteiger partial charge in [0.2, 0.25) is 0 Å². The maximum atomic E-state index is 13.4. The summed E-state index contributed by atoms with van der Waals surface area (Å²) in [5.41, 5.74) is 4.24. The van der Waals surface area contributed by atoms with Gasteiger partial charge in [0.15, 0.2) is 0 Å². The average Bonchev–Trinajstić information content (AvgIpc) is 3.10. The van der Waals surface area contributed by atoms with Gasteiger partial charge in [0.05, 0.1) is 5.69 Å². The zero-order chi connectivity index (χ0) is 19.1. The predicted molar refractivity (Wildman–Crippen MR) is 104 cm³/mol. The number of nitrogens with zero attached hydrogens (tertiary/aromatic N) is 3. The molecule has 0 unspecified atom stereocenters. The van der Waals surface area contributed by atoms with Crippen LogP contribution < -0.4 is 5.56 Å². The standard InChI is InChI=1S/C21H18FN5O/c22-15-1-2-16-14(10-24-18(16)9-15)11-27-8-5-17-19(12-27)25-20(26-21(17)28)13-3-6-23-7-4-13/h1-4,6-7,9-10,24H,5,8,11-12H2,(H,25,26,28). The number of aromatic nitrogens is 4. The first-order valence-corrected chi connectivity index (χ1v) is 9.18. The van der Waals surface area contributed by atoms with Crippen molar-refractivity contribution in [1.29, 1.82) is 0 Å². The molecule has 3 aromatic heterocycles. The van der Waals surface area contributed by atoms with Crippen LogP contribution in [0.15, 0.2) is 53.7 Å². The third kappa shape index (κ3) is 2.99. The largest absolute Gasteiger partial charge is 0.361 e. The summed E-state index contributed by atoms with van der Waals surface area (Å²) < 4.78 is 13.4. The highest BCUT2D eigenvalue weighted by atomic mass is 19.1. The number of halogens is 1. The van der Waals surface area contributed by atoms with Crippen LogP contribution in [0.5, 0.6) is 0 Å². The Morgan fingerprint density at radius 3 is 2.89 bits per heavy atom. The van der Waals surface area contributed by atoms with Crippen molar-refractivity contribution in [3.63, 3.8) is 0 Å². The van der Waals surface area contributed by atoms with Crippen molar-refractivity contribution in [1.82, 2.24) is 24.8 Å². The molecule has 1 aliphatic heterocycles. The van der Waals surface area contributed by atoms with Crippen molar-refractivity contribution in [3.8, 4) is 11.4 Å². The van der Waals surface area contributed by atoms with Crippen LogP contribution >= 0.6 is 0 Å². The van der Waals surface area contributed by atoms with Gasteiger partial charge in [0, 0.05) is 60.3 Å². The van der Waals surface area contributed by atoms with Gasteiger partial charge in [0.1, 0.15) is 11.6 Å². The normalized spacial score (nSPS) is 14.3. The molecule has 5 rings (SSSR count). The number of benzene rings is 1. The fraction of sp³-hybridized carbons (Fsp3) is 0.190. The molecule has 0 saturated carbocycles. The van der Waals surface area contributed by atoms with E-state index in [-0.39, 0.29) is 11.4 Å². The van der Waals surface area contributed by atoms with Gasteiger partial charge >= 0.3 is 0 Å². The molecular formula is C21H18FN5O. The Labute approximate surface area is 160 Å². The molecule has 0 bridgehead atoms. The molecular weight excluding hydrogens is 357 g/mol. The lowest BCUT2D eigenvalue weighted by molar-refractivity contribution is 0.241. The Balaban J connectivity index is 1.44. The van der Waals surface area contributed by atoms with Crippen LogP contribution in [0.4, 0.5) is 4.39 Å². The van der Waals surface area contributed by atoms with Crippen molar-refractivity contribution in [3.05, 3.63) is 81.9 Å². The molecule has 0 atom stereocenters. The molecule has 4 heterocycles. The van der Waals surface area contributed by atoms with Gasteiger partial charge < -0.3 is 9.97 Å². The first-order chi connectivity index (χ1) is 13.7. The van der Waals surface area contributed by atoms with Crippen LogP contribution in [0, 0.1) is 5.82 Å². The highest BCUT2D eigenvalue weighted by Crippen LogP contribution is 2.24. The fourth-order valence-corrected chi connectivity index (χ4v) is 3.81. The molecule has 1 aromatic carbocycles. The predicted octanol–water partition coefficient (Wildman–Crippen LogP) is 3.01. The number of fused-ring (bicyclic) bond motifs is 2. The van der Waals surface area contributed by atoms with E-state index in [2.05, 4.69) is 19.9 Å². The lowest BCUT2D eigenvalue weighted by Gasteiger charge is -2.27. The Morgan fingerprint density at radius 1 is 1.18 bits per heavy atom. The molecule has 6 nitrogen and oxygen atoms in total. The van der Waals surface area contributed by atoms with E-state index >= 15 is 0 Å². The minimum Gasteiger partial charge on any atom is -0.361 e. The second-order valence-electron chi connectivity index (χ2n) is 7.04. The van der Waals surface area contributed by atoms with E-state index in [9.17, 15) is 9.18 Å². The zero-order valence-corrected chi connectivity index (χ0v) is 15.1. The molecule has 4 aromatic rings. The quantitative estimate of drug-likeness (QED) is 0.577. The molecule has 2 N–H and O–H groups in total. The highest BCUT2D eigenvalue weighted by molar-refractivity contribution is 5.83. The summed E-state index contributed by atoms with van der Waals surface area (Å²) in [5.74, 6) is 0.315. The Bertz CT molecular complexity index is 1210. The summed E-state index contributed by atoms with van der Waals surface area (Å²) in [7, 11) is 0. The summed E-state index contributed by atoms with van der Waals surface area (Å²) in [4.78, 5) is 29.5. The molecule has 0 fully saturated rings. The molecule has 7 heteroatoms. The number of pyridine rings is 1. The van der Waals surface area contributed by atoms with E-state index in [1.807, 2.05) is 18.3 Å². The van der Waals surface area contributed by atoms with E-state index in [1.165, 1.54) is 12.1 Å². The van der Waals surface area contributed by atoms with Crippen molar-refractivity contribution in [2.75, 3.05) is 6.54 Å². The van der Waals surface area contributed by atoms with Crippen LogP contribution in [0.25, 0.3) is 22.3 Å². The third-order valence-corrected chi connectivity index (χ3v) is 5.23. The summed E-state index contributed by atoms with van der Waals surface area (Å²) in [6.07, 6.45) is 5.94. The molecule has 140 valence electrons. The van der Waals surface area contributed by atoms with E-state index < -0.39 is 0 Å². The molecule has 0 aliphatic carbocycles. The Kier molecular flexibility index (Phi) is 4.02. The monoisotopic (exact) mass is 375 g/mol. The third-order valence-electron chi connectivity index (χ3n) is 5.23. The number of rotatable bonds is 3. The van der Waals surface area contributed by atoms with Crippen molar-refractivity contribution < 1.29 is 4.39 Å². The van der Waals surface area contributed by atoms with Crippen LogP contribution in [0.3, 0.4) is 0 Å². The zero-order valence-electron chi connectivity index (χ0n) is 15.1. The second-order valence-corrected chi connectivity index (χ2v) is 7.04. The van der Waals surface area contributed by atoms with E-state index in [0.29, 0.717) is 25.3 Å². The lowest BCUT2D eigenvalue weighted by Crippen LogP contribution is -2.35. The maximum absolute atomic E-state index is 13.4. The van der Waals surface area contributed by atoms with Gasteiger partial charge in [-0.2, -0.15) is 0 Å². The SMILES string of the molecule is O=c1[nH]c(-c2ccncc2)nc2c1CCN(Cc1c[nH]c3cc(F)ccc13)C2.